The van der Waals surface area contributed by atoms with Gasteiger partial charge >= 0.3 is 0 Å². The number of benzene rings is 1. The molecule has 0 radical (unpaired) electrons. The van der Waals surface area contributed by atoms with E-state index >= 15 is 0 Å². The molecule has 2 aromatic heterocycles. The number of halogens is 1. The number of aromatic nitrogens is 3. The Balaban J connectivity index is 2.30. The monoisotopic (exact) mass is 275 g/mol. The molecule has 3 aromatic rings. The number of thioether (sulfide) groups is 1. The van der Waals surface area contributed by atoms with Gasteiger partial charge in [-0.15, -0.1) is 0 Å². The Kier molecular flexibility index (Phi) is 2.97. The second-order valence-electron chi connectivity index (χ2n) is 3.78. The third-order valence-electron chi connectivity index (χ3n) is 2.70. The van der Waals surface area contributed by atoms with Crippen LogP contribution in [0.15, 0.2) is 47.9 Å². The van der Waals surface area contributed by atoms with Crippen LogP contribution in [0.3, 0.4) is 0 Å². The zero-order valence-corrected chi connectivity index (χ0v) is 11.2. The highest BCUT2D eigenvalue weighted by atomic mass is 35.5. The van der Waals surface area contributed by atoms with Gasteiger partial charge in [0.2, 0.25) is 0 Å². The molecule has 0 saturated carbocycles. The molecule has 0 bridgehead atoms. The fourth-order valence-corrected chi connectivity index (χ4v) is 2.67. The lowest BCUT2D eigenvalue weighted by atomic mass is 10.1. The minimum atomic E-state index is 0.490. The zero-order chi connectivity index (χ0) is 12.5. The molecule has 90 valence electrons. The van der Waals surface area contributed by atoms with Crippen molar-refractivity contribution in [2.75, 3.05) is 6.26 Å². The van der Waals surface area contributed by atoms with Crippen molar-refractivity contribution in [3.05, 3.63) is 47.9 Å². The summed E-state index contributed by atoms with van der Waals surface area (Å²) >= 11 is 7.60. The Labute approximate surface area is 114 Å². The lowest BCUT2D eigenvalue weighted by Gasteiger charge is -2.03. The topological polar surface area (TPSA) is 30.2 Å². The summed E-state index contributed by atoms with van der Waals surface area (Å²) < 4.78 is 1.96. The van der Waals surface area contributed by atoms with E-state index in [-0.39, 0.29) is 0 Å². The van der Waals surface area contributed by atoms with Crippen molar-refractivity contribution in [2.24, 2.45) is 0 Å². The molecular formula is C13H10ClN3S. The first-order chi connectivity index (χ1) is 8.79. The quantitative estimate of drug-likeness (QED) is 0.405. The number of hydrogen-bond acceptors (Lipinski definition) is 3. The summed E-state index contributed by atoms with van der Waals surface area (Å²) in [6, 6.07) is 11.9. The van der Waals surface area contributed by atoms with Gasteiger partial charge in [0.25, 0.3) is 0 Å². The molecule has 0 aliphatic carbocycles. The Morgan fingerprint density at radius 1 is 1.22 bits per heavy atom. The molecule has 0 aliphatic heterocycles. The van der Waals surface area contributed by atoms with Crippen LogP contribution in [0.2, 0.25) is 5.15 Å². The van der Waals surface area contributed by atoms with E-state index in [1.54, 1.807) is 18.1 Å². The number of hydrogen-bond donors (Lipinski definition) is 0. The van der Waals surface area contributed by atoms with Gasteiger partial charge in [-0.2, -0.15) is 0 Å². The van der Waals surface area contributed by atoms with Gasteiger partial charge in [0.05, 0.1) is 11.2 Å². The van der Waals surface area contributed by atoms with Crippen LogP contribution in [0, 0.1) is 0 Å². The van der Waals surface area contributed by atoms with Crippen LogP contribution < -0.4 is 0 Å². The predicted molar refractivity (Wildman–Crippen MR) is 75.2 cm³/mol. The second kappa shape index (κ2) is 4.63. The highest BCUT2D eigenvalue weighted by Crippen LogP contribution is 2.27. The third kappa shape index (κ3) is 1.87. The molecule has 0 amide bonds. The largest absolute Gasteiger partial charge is 0.277 e. The number of imidazole rings is 1. The average Bonchev–Trinajstić information content (AvgIpc) is 2.82. The van der Waals surface area contributed by atoms with Gasteiger partial charge in [-0.05, 0) is 6.26 Å². The Bertz CT molecular complexity index is 694. The second-order valence-corrected chi connectivity index (χ2v) is 4.94. The summed E-state index contributed by atoms with van der Waals surface area (Å²) in [7, 11) is 0. The Morgan fingerprint density at radius 2 is 2.00 bits per heavy atom. The van der Waals surface area contributed by atoms with Crippen LogP contribution in [0.1, 0.15) is 0 Å². The first-order valence-corrected chi connectivity index (χ1v) is 7.03. The van der Waals surface area contributed by atoms with Crippen LogP contribution in [0.4, 0.5) is 0 Å². The zero-order valence-electron chi connectivity index (χ0n) is 9.67. The number of rotatable bonds is 2. The summed E-state index contributed by atoms with van der Waals surface area (Å²) in [6.07, 6.45) is 3.76. The van der Waals surface area contributed by atoms with Gasteiger partial charge in [-0.3, -0.25) is 4.40 Å². The maximum absolute atomic E-state index is 6.05. The van der Waals surface area contributed by atoms with Crippen LogP contribution in [-0.4, -0.2) is 20.6 Å². The van der Waals surface area contributed by atoms with E-state index in [4.69, 9.17) is 11.6 Å². The summed E-state index contributed by atoms with van der Waals surface area (Å²) in [4.78, 5) is 8.74. The Morgan fingerprint density at radius 3 is 2.72 bits per heavy atom. The van der Waals surface area contributed by atoms with E-state index < -0.39 is 0 Å². The molecule has 0 aliphatic rings. The van der Waals surface area contributed by atoms with Crippen molar-refractivity contribution in [1.29, 1.82) is 0 Å². The maximum atomic E-state index is 6.05. The van der Waals surface area contributed by atoms with Crippen molar-refractivity contribution in [2.45, 2.75) is 5.16 Å². The SMILES string of the molecule is CSc1nc(Cl)cc2c(-c3ccccc3)ncn12. The molecule has 3 rings (SSSR count). The first-order valence-electron chi connectivity index (χ1n) is 5.42. The highest BCUT2D eigenvalue weighted by Gasteiger charge is 2.11. The first kappa shape index (κ1) is 11.6. The fourth-order valence-electron chi connectivity index (χ4n) is 1.90. The molecular weight excluding hydrogens is 266 g/mol. The highest BCUT2D eigenvalue weighted by molar-refractivity contribution is 7.98. The molecule has 18 heavy (non-hydrogen) atoms. The van der Waals surface area contributed by atoms with Crippen molar-refractivity contribution >= 4 is 28.9 Å². The van der Waals surface area contributed by atoms with Crippen LogP contribution >= 0.6 is 23.4 Å². The molecule has 2 heterocycles. The van der Waals surface area contributed by atoms with Gasteiger partial charge in [-0.25, -0.2) is 9.97 Å². The van der Waals surface area contributed by atoms with Crippen molar-refractivity contribution in [3.63, 3.8) is 0 Å². The molecule has 0 unspecified atom stereocenters. The van der Waals surface area contributed by atoms with E-state index in [2.05, 4.69) is 9.97 Å². The van der Waals surface area contributed by atoms with Crippen LogP contribution in [0.5, 0.6) is 0 Å². The summed E-state index contributed by atoms with van der Waals surface area (Å²) in [5.41, 5.74) is 2.98. The lowest BCUT2D eigenvalue weighted by Crippen LogP contribution is -1.92. The fraction of sp³-hybridized carbons (Fsp3) is 0.0769. The van der Waals surface area contributed by atoms with Gasteiger partial charge in [0, 0.05) is 11.6 Å². The molecule has 0 saturated heterocycles. The smallest absolute Gasteiger partial charge is 0.175 e. The van der Waals surface area contributed by atoms with Gasteiger partial charge in [-0.1, -0.05) is 53.7 Å². The average molecular weight is 276 g/mol. The van der Waals surface area contributed by atoms with Gasteiger partial charge in [0.1, 0.15) is 11.5 Å². The number of nitrogens with zero attached hydrogens (tertiary/aromatic N) is 3. The van der Waals surface area contributed by atoms with Crippen LogP contribution in [0.25, 0.3) is 16.8 Å². The molecule has 0 fully saturated rings. The molecule has 3 nitrogen and oxygen atoms in total. The van der Waals surface area contributed by atoms with E-state index in [9.17, 15) is 0 Å². The predicted octanol–water partition coefficient (Wildman–Crippen LogP) is 3.77. The molecule has 1 aromatic carbocycles. The summed E-state index contributed by atoms with van der Waals surface area (Å²) in [6.45, 7) is 0. The molecule has 0 atom stereocenters. The molecule has 0 N–H and O–H groups in total. The molecule has 0 spiro atoms. The van der Waals surface area contributed by atoms with E-state index in [1.807, 2.05) is 47.1 Å². The van der Waals surface area contributed by atoms with Crippen LogP contribution in [-0.2, 0) is 0 Å². The maximum Gasteiger partial charge on any atom is 0.175 e. The molecule has 5 heteroatoms. The van der Waals surface area contributed by atoms with Crippen molar-refractivity contribution < 1.29 is 0 Å². The van der Waals surface area contributed by atoms with E-state index in [0.29, 0.717) is 5.15 Å². The summed E-state index contributed by atoms with van der Waals surface area (Å²) in [5, 5.41) is 1.33. The standard InChI is InChI=1S/C13H10ClN3S/c1-18-13-16-11(14)7-10-12(15-8-17(10)13)9-5-3-2-4-6-9/h2-8H,1H3. The van der Waals surface area contributed by atoms with Gasteiger partial charge in [0.15, 0.2) is 5.16 Å². The van der Waals surface area contributed by atoms with Crippen molar-refractivity contribution in [3.8, 4) is 11.3 Å². The normalized spacial score (nSPS) is 11.0. The third-order valence-corrected chi connectivity index (χ3v) is 3.55. The van der Waals surface area contributed by atoms with Crippen molar-refractivity contribution in [1.82, 2.24) is 14.4 Å². The van der Waals surface area contributed by atoms with E-state index in [1.165, 1.54) is 0 Å². The van der Waals surface area contributed by atoms with E-state index in [0.717, 1.165) is 21.9 Å². The lowest BCUT2D eigenvalue weighted by molar-refractivity contribution is 0.900. The summed E-state index contributed by atoms with van der Waals surface area (Å²) in [5.74, 6) is 0. The number of fused-ring (bicyclic) bond motifs is 1. The van der Waals surface area contributed by atoms with Gasteiger partial charge < -0.3 is 0 Å². The minimum Gasteiger partial charge on any atom is -0.277 e. The minimum absolute atomic E-state index is 0.490. The Hall–Kier alpha value is -1.52.